The summed E-state index contributed by atoms with van der Waals surface area (Å²) >= 11 is 0. The van der Waals surface area contributed by atoms with E-state index < -0.39 is 11.4 Å². The van der Waals surface area contributed by atoms with Gasteiger partial charge in [0.25, 0.3) is 0 Å². The van der Waals surface area contributed by atoms with Gasteiger partial charge in [-0.05, 0) is 38.0 Å². The highest BCUT2D eigenvalue weighted by Crippen LogP contribution is 2.40. The zero-order valence-electron chi connectivity index (χ0n) is 13.3. The molecule has 4 nitrogen and oxygen atoms in total. The fourth-order valence-corrected chi connectivity index (χ4v) is 3.92. The molecule has 0 aromatic rings. The Balaban J connectivity index is 1.97. The van der Waals surface area contributed by atoms with Gasteiger partial charge in [0.05, 0.1) is 5.41 Å². The molecule has 21 heavy (non-hydrogen) atoms. The first-order chi connectivity index (χ1) is 10.1. The summed E-state index contributed by atoms with van der Waals surface area (Å²) in [5.41, 5.74) is -0.786. The highest BCUT2D eigenvalue weighted by atomic mass is 16.4. The van der Waals surface area contributed by atoms with Gasteiger partial charge in [0.1, 0.15) is 0 Å². The van der Waals surface area contributed by atoms with Crippen molar-refractivity contribution in [1.29, 1.82) is 0 Å². The van der Waals surface area contributed by atoms with Gasteiger partial charge in [0, 0.05) is 19.5 Å². The molecule has 4 heteroatoms. The van der Waals surface area contributed by atoms with Crippen LogP contribution in [0.4, 0.5) is 0 Å². The number of hydrogen-bond donors (Lipinski definition) is 1. The van der Waals surface area contributed by atoms with Crippen molar-refractivity contribution in [3.05, 3.63) is 0 Å². The van der Waals surface area contributed by atoms with Crippen LogP contribution in [0.15, 0.2) is 0 Å². The lowest BCUT2D eigenvalue weighted by molar-refractivity contribution is -0.156. The van der Waals surface area contributed by atoms with Crippen molar-refractivity contribution in [2.45, 2.75) is 71.1 Å². The third-order valence-electron chi connectivity index (χ3n) is 5.53. The van der Waals surface area contributed by atoms with E-state index in [1.165, 1.54) is 12.8 Å². The molecule has 1 saturated carbocycles. The van der Waals surface area contributed by atoms with E-state index in [1.807, 2.05) is 4.90 Å². The average Bonchev–Trinajstić information content (AvgIpc) is 2.73. The molecule has 0 spiro atoms. The highest BCUT2D eigenvalue weighted by Gasteiger charge is 2.42. The van der Waals surface area contributed by atoms with Gasteiger partial charge in [0.2, 0.25) is 5.91 Å². The summed E-state index contributed by atoms with van der Waals surface area (Å²) < 4.78 is 0. The molecule has 2 fully saturated rings. The van der Waals surface area contributed by atoms with E-state index in [0.717, 1.165) is 51.1 Å². The summed E-state index contributed by atoms with van der Waals surface area (Å²) in [6, 6.07) is 0. The molecule has 2 aliphatic rings. The number of carboxylic acids is 1. The third kappa shape index (κ3) is 3.98. The van der Waals surface area contributed by atoms with Crippen LogP contribution in [0.5, 0.6) is 0 Å². The lowest BCUT2D eigenvalue weighted by Crippen LogP contribution is -2.41. The van der Waals surface area contributed by atoms with E-state index in [0.29, 0.717) is 12.8 Å². The van der Waals surface area contributed by atoms with Crippen molar-refractivity contribution >= 4 is 11.9 Å². The molecule has 1 unspecified atom stereocenters. The van der Waals surface area contributed by atoms with Gasteiger partial charge in [-0.1, -0.05) is 32.6 Å². The molecule has 1 saturated heterocycles. The Morgan fingerprint density at radius 1 is 1.10 bits per heavy atom. The molecular weight excluding hydrogens is 266 g/mol. The second-order valence-electron chi connectivity index (χ2n) is 6.91. The van der Waals surface area contributed by atoms with Crippen LogP contribution in [0.2, 0.25) is 0 Å². The Kier molecular flexibility index (Phi) is 5.65. The van der Waals surface area contributed by atoms with Gasteiger partial charge in [-0.25, -0.2) is 0 Å². The van der Waals surface area contributed by atoms with Crippen LogP contribution in [0.1, 0.15) is 71.1 Å². The molecule has 2 rings (SSSR count). The maximum atomic E-state index is 12.6. The second kappa shape index (κ2) is 7.28. The lowest BCUT2D eigenvalue weighted by atomic mass is 9.71. The van der Waals surface area contributed by atoms with Crippen molar-refractivity contribution < 1.29 is 14.7 Å². The Bertz CT molecular complexity index is 374. The van der Waals surface area contributed by atoms with Crippen LogP contribution in [0, 0.1) is 11.3 Å². The minimum absolute atomic E-state index is 0.0658. The number of nitrogens with zero attached hydrogens (tertiary/aromatic N) is 1. The highest BCUT2D eigenvalue weighted by molar-refractivity contribution is 5.85. The molecule has 120 valence electrons. The summed E-state index contributed by atoms with van der Waals surface area (Å²) in [4.78, 5) is 26.2. The number of carbonyl (C=O) groups excluding carboxylic acids is 1. The molecule has 0 bridgehead atoms. The third-order valence-corrected chi connectivity index (χ3v) is 5.53. The molecular formula is C17H29NO3. The fourth-order valence-electron chi connectivity index (χ4n) is 3.92. The van der Waals surface area contributed by atoms with Gasteiger partial charge in [-0.2, -0.15) is 0 Å². The topological polar surface area (TPSA) is 57.6 Å². The van der Waals surface area contributed by atoms with Crippen molar-refractivity contribution in [3.8, 4) is 0 Å². The summed E-state index contributed by atoms with van der Waals surface area (Å²) in [6.45, 7) is 3.83. The number of aliphatic carboxylic acids is 1. The van der Waals surface area contributed by atoms with Crippen LogP contribution in [-0.2, 0) is 9.59 Å². The first-order valence-electron chi connectivity index (χ1n) is 8.58. The molecule has 0 aromatic heterocycles. The van der Waals surface area contributed by atoms with E-state index in [9.17, 15) is 14.7 Å². The summed E-state index contributed by atoms with van der Waals surface area (Å²) in [7, 11) is 0. The number of amides is 1. The minimum Gasteiger partial charge on any atom is -0.481 e. The van der Waals surface area contributed by atoms with E-state index in [4.69, 9.17) is 0 Å². The Labute approximate surface area is 127 Å². The Hall–Kier alpha value is -1.06. The van der Waals surface area contributed by atoms with Crippen molar-refractivity contribution in [1.82, 2.24) is 4.90 Å². The average molecular weight is 295 g/mol. The maximum absolute atomic E-state index is 12.6. The minimum atomic E-state index is -0.786. The summed E-state index contributed by atoms with van der Waals surface area (Å²) in [6.07, 6.45) is 9.04. The zero-order valence-corrected chi connectivity index (χ0v) is 13.3. The standard InChI is InChI=1S/C17H29NO3/c1-2-14-7-6-11-18(12-8-14)15(19)13-17(16(20)21)9-4-3-5-10-17/h14H,2-13H2,1H3,(H,20,21). The van der Waals surface area contributed by atoms with Crippen LogP contribution in [0.25, 0.3) is 0 Å². The monoisotopic (exact) mass is 295 g/mol. The predicted molar refractivity (Wildman–Crippen MR) is 82.0 cm³/mol. The van der Waals surface area contributed by atoms with Gasteiger partial charge in [-0.15, -0.1) is 0 Å². The largest absolute Gasteiger partial charge is 0.481 e. The van der Waals surface area contributed by atoms with E-state index in [-0.39, 0.29) is 12.3 Å². The number of rotatable bonds is 4. The fraction of sp³-hybridized carbons (Fsp3) is 0.882. The van der Waals surface area contributed by atoms with E-state index in [1.54, 1.807) is 0 Å². The first-order valence-corrected chi connectivity index (χ1v) is 8.58. The Morgan fingerprint density at radius 3 is 2.43 bits per heavy atom. The van der Waals surface area contributed by atoms with Crippen LogP contribution >= 0.6 is 0 Å². The second-order valence-corrected chi connectivity index (χ2v) is 6.91. The van der Waals surface area contributed by atoms with Crippen molar-refractivity contribution in [2.75, 3.05) is 13.1 Å². The van der Waals surface area contributed by atoms with Crippen LogP contribution in [0.3, 0.4) is 0 Å². The number of likely N-dealkylation sites (tertiary alicyclic amines) is 1. The van der Waals surface area contributed by atoms with Crippen LogP contribution < -0.4 is 0 Å². The molecule has 1 heterocycles. The summed E-state index contributed by atoms with van der Waals surface area (Å²) in [5, 5.41) is 9.60. The number of carboxylic acid groups (broad SMARTS) is 1. The molecule has 0 radical (unpaired) electrons. The van der Waals surface area contributed by atoms with Gasteiger partial charge in [-0.3, -0.25) is 9.59 Å². The van der Waals surface area contributed by atoms with Gasteiger partial charge < -0.3 is 10.0 Å². The maximum Gasteiger partial charge on any atom is 0.310 e. The molecule has 1 amide bonds. The normalized spacial score (nSPS) is 26.1. The smallest absolute Gasteiger partial charge is 0.310 e. The number of hydrogen-bond acceptors (Lipinski definition) is 2. The van der Waals surface area contributed by atoms with E-state index >= 15 is 0 Å². The van der Waals surface area contributed by atoms with Crippen molar-refractivity contribution in [2.24, 2.45) is 11.3 Å². The van der Waals surface area contributed by atoms with Gasteiger partial charge in [0.15, 0.2) is 0 Å². The summed E-state index contributed by atoms with van der Waals surface area (Å²) in [5.74, 6) is 0.0266. The van der Waals surface area contributed by atoms with E-state index in [2.05, 4.69) is 6.92 Å². The molecule has 0 aromatic carbocycles. The zero-order chi connectivity index (χ0) is 15.3. The molecule has 1 aliphatic heterocycles. The lowest BCUT2D eigenvalue weighted by Gasteiger charge is -2.34. The van der Waals surface area contributed by atoms with Crippen LogP contribution in [-0.4, -0.2) is 35.0 Å². The predicted octanol–water partition coefficient (Wildman–Crippen LogP) is 3.45. The van der Waals surface area contributed by atoms with Crippen molar-refractivity contribution in [3.63, 3.8) is 0 Å². The SMILES string of the molecule is CCC1CCCN(C(=O)CC2(C(=O)O)CCCCC2)CC1. The number of carbonyl (C=O) groups is 2. The quantitative estimate of drug-likeness (QED) is 0.864. The molecule has 1 aliphatic carbocycles. The molecule has 1 atom stereocenters. The van der Waals surface area contributed by atoms with Gasteiger partial charge >= 0.3 is 5.97 Å². The Morgan fingerprint density at radius 2 is 1.81 bits per heavy atom. The molecule has 1 N–H and O–H groups in total. The first kappa shape index (κ1) is 16.3.